The second-order valence-corrected chi connectivity index (χ2v) is 8.94. The molecule has 0 fully saturated rings. The van der Waals surface area contributed by atoms with Crippen LogP contribution in [-0.2, 0) is 0 Å². The van der Waals surface area contributed by atoms with Crippen molar-refractivity contribution in [3.8, 4) is 0 Å². The van der Waals surface area contributed by atoms with Gasteiger partial charge in [-0.25, -0.2) is 0 Å². The molecule has 2 nitrogen and oxygen atoms in total. The summed E-state index contributed by atoms with van der Waals surface area (Å²) in [5, 5.41) is 6.00. The Morgan fingerprint density at radius 1 is 0.737 bits per heavy atom. The van der Waals surface area contributed by atoms with Crippen molar-refractivity contribution < 1.29 is 0 Å². The number of benzene rings is 4. The molecule has 1 N–H and O–H groups in total. The molecule has 0 atom stereocenters. The molecule has 0 aliphatic rings. The van der Waals surface area contributed by atoms with Gasteiger partial charge in [0.05, 0.1) is 0 Å². The molecule has 0 amide bonds. The number of rotatable bonds is 10. The predicted molar refractivity (Wildman–Crippen MR) is 167 cm³/mol. The number of fused-ring (bicyclic) bond motifs is 1. The molecule has 0 aliphatic carbocycles. The van der Waals surface area contributed by atoms with E-state index in [0.29, 0.717) is 0 Å². The zero-order valence-corrected chi connectivity index (χ0v) is 22.1. The Morgan fingerprint density at radius 2 is 1.39 bits per heavy atom. The van der Waals surface area contributed by atoms with Crippen LogP contribution < -0.4 is 10.2 Å². The van der Waals surface area contributed by atoms with E-state index in [9.17, 15) is 0 Å². The molecule has 0 saturated heterocycles. The number of para-hydroxylation sites is 1. The zero-order valence-electron chi connectivity index (χ0n) is 22.1. The largest absolute Gasteiger partial charge is 0.356 e. The normalized spacial score (nSPS) is 12.3. The van der Waals surface area contributed by atoms with E-state index in [4.69, 9.17) is 0 Å². The molecular formula is C36H34N2. The number of anilines is 4. The standard InChI is InChI=1S/C36H34N2/c1-5-7-16-30(6-2)28(3)14-13-15-29(4)38(35-19-9-8-10-20-35)36-25-23-33(24-26-36)37-34-22-21-31-17-11-12-18-32(31)27-34/h5-27,37H,1,3H2,2,4H3/b14-13-,16-7-,29-15+,30-6+. The first-order valence-corrected chi connectivity index (χ1v) is 12.8. The van der Waals surface area contributed by atoms with Crippen LogP contribution >= 0.6 is 0 Å². The number of hydrogen-bond donors (Lipinski definition) is 1. The molecule has 0 radical (unpaired) electrons. The van der Waals surface area contributed by atoms with E-state index in [2.05, 4.69) is 133 Å². The third kappa shape index (κ3) is 6.68. The fourth-order valence-corrected chi connectivity index (χ4v) is 4.30. The molecule has 0 heterocycles. The average Bonchev–Trinajstić information content (AvgIpc) is 2.95. The molecule has 4 aromatic rings. The second-order valence-electron chi connectivity index (χ2n) is 8.94. The lowest BCUT2D eigenvalue weighted by Gasteiger charge is -2.26. The van der Waals surface area contributed by atoms with Crippen LogP contribution in [0, 0.1) is 0 Å². The van der Waals surface area contributed by atoms with Gasteiger partial charge in [-0.05, 0) is 90.4 Å². The van der Waals surface area contributed by atoms with Gasteiger partial charge in [0.25, 0.3) is 0 Å². The van der Waals surface area contributed by atoms with E-state index in [-0.39, 0.29) is 0 Å². The van der Waals surface area contributed by atoms with Gasteiger partial charge in [0, 0.05) is 28.4 Å². The monoisotopic (exact) mass is 494 g/mol. The minimum atomic E-state index is 0.949. The van der Waals surface area contributed by atoms with Gasteiger partial charge >= 0.3 is 0 Å². The van der Waals surface area contributed by atoms with Crippen molar-refractivity contribution in [2.75, 3.05) is 10.2 Å². The topological polar surface area (TPSA) is 15.3 Å². The molecule has 2 heteroatoms. The SMILES string of the molecule is C=C/C=C\C(=C/C)C(=C)/C=C\C=C(/C)N(c1ccccc1)c1ccc(Nc2ccc3ccccc3c2)cc1. The van der Waals surface area contributed by atoms with Crippen LogP contribution in [0.15, 0.2) is 170 Å². The maximum Gasteiger partial charge on any atom is 0.0459 e. The molecule has 0 aromatic heterocycles. The smallest absolute Gasteiger partial charge is 0.0459 e. The molecule has 0 aliphatic heterocycles. The van der Waals surface area contributed by atoms with Gasteiger partial charge in [-0.1, -0.05) is 98.1 Å². The lowest BCUT2D eigenvalue weighted by Crippen LogP contribution is -2.14. The van der Waals surface area contributed by atoms with Crippen LogP contribution in [0.25, 0.3) is 10.8 Å². The van der Waals surface area contributed by atoms with Crippen LogP contribution in [-0.4, -0.2) is 0 Å². The Morgan fingerprint density at radius 3 is 2.11 bits per heavy atom. The van der Waals surface area contributed by atoms with E-state index >= 15 is 0 Å². The molecule has 4 rings (SSSR count). The maximum absolute atomic E-state index is 4.21. The van der Waals surface area contributed by atoms with E-state index in [1.165, 1.54) is 10.8 Å². The number of allylic oxidation sites excluding steroid dienone is 10. The maximum atomic E-state index is 4.21. The molecule has 0 saturated carbocycles. The van der Waals surface area contributed by atoms with E-state index in [1.807, 2.05) is 37.3 Å². The Labute approximate surface area is 227 Å². The highest BCUT2D eigenvalue weighted by Gasteiger charge is 2.11. The lowest BCUT2D eigenvalue weighted by atomic mass is 10.1. The summed E-state index contributed by atoms with van der Waals surface area (Å²) in [4.78, 5) is 2.25. The lowest BCUT2D eigenvalue weighted by molar-refractivity contribution is 1.16. The third-order valence-corrected chi connectivity index (χ3v) is 6.26. The van der Waals surface area contributed by atoms with E-state index in [0.717, 1.165) is 39.6 Å². The highest BCUT2D eigenvalue weighted by Crippen LogP contribution is 2.31. The number of nitrogens with one attached hydrogen (secondary N) is 1. The minimum absolute atomic E-state index is 0.949. The van der Waals surface area contributed by atoms with Gasteiger partial charge in [-0.2, -0.15) is 0 Å². The molecule has 0 spiro atoms. The van der Waals surface area contributed by atoms with E-state index < -0.39 is 0 Å². The molecule has 0 bridgehead atoms. The van der Waals surface area contributed by atoms with Crippen molar-refractivity contribution in [3.63, 3.8) is 0 Å². The summed E-state index contributed by atoms with van der Waals surface area (Å²) in [6, 6.07) is 33.8. The van der Waals surface area contributed by atoms with Gasteiger partial charge in [0.15, 0.2) is 0 Å². The first-order chi connectivity index (χ1) is 18.6. The first kappa shape index (κ1) is 26.2. The fraction of sp³-hybridized carbons (Fsp3) is 0.0556. The van der Waals surface area contributed by atoms with Gasteiger partial charge in [-0.3, -0.25) is 0 Å². The molecule has 0 unspecified atom stereocenters. The molecular weight excluding hydrogens is 460 g/mol. The van der Waals surface area contributed by atoms with Gasteiger partial charge < -0.3 is 10.2 Å². The summed E-state index contributed by atoms with van der Waals surface area (Å²) in [7, 11) is 0. The van der Waals surface area contributed by atoms with Crippen molar-refractivity contribution in [3.05, 3.63) is 170 Å². The van der Waals surface area contributed by atoms with Crippen LogP contribution in [0.4, 0.5) is 22.7 Å². The van der Waals surface area contributed by atoms with Crippen molar-refractivity contribution in [2.24, 2.45) is 0 Å². The summed E-state index contributed by atoms with van der Waals surface area (Å²) in [6.45, 7) is 12.1. The van der Waals surface area contributed by atoms with Gasteiger partial charge in [-0.15, -0.1) is 0 Å². The highest BCUT2D eigenvalue weighted by molar-refractivity contribution is 5.86. The van der Waals surface area contributed by atoms with Gasteiger partial charge in [0.1, 0.15) is 0 Å². The molecule has 4 aromatic carbocycles. The molecule has 188 valence electrons. The van der Waals surface area contributed by atoms with Crippen LogP contribution in [0.1, 0.15) is 13.8 Å². The molecule has 38 heavy (non-hydrogen) atoms. The third-order valence-electron chi connectivity index (χ3n) is 6.26. The van der Waals surface area contributed by atoms with Gasteiger partial charge in [0.2, 0.25) is 0 Å². The zero-order chi connectivity index (χ0) is 26.7. The van der Waals surface area contributed by atoms with Crippen LogP contribution in [0.3, 0.4) is 0 Å². The van der Waals surface area contributed by atoms with Crippen LogP contribution in [0.2, 0.25) is 0 Å². The number of hydrogen-bond acceptors (Lipinski definition) is 2. The summed E-state index contributed by atoms with van der Waals surface area (Å²) in [5.41, 5.74) is 7.42. The summed E-state index contributed by atoms with van der Waals surface area (Å²) in [6.07, 6.45) is 14.0. The van der Waals surface area contributed by atoms with Crippen molar-refractivity contribution in [1.82, 2.24) is 0 Å². The number of nitrogens with zero attached hydrogens (tertiary/aromatic N) is 1. The fourth-order valence-electron chi connectivity index (χ4n) is 4.30. The Bertz CT molecular complexity index is 1520. The summed E-state index contributed by atoms with van der Waals surface area (Å²) >= 11 is 0. The minimum Gasteiger partial charge on any atom is -0.356 e. The second kappa shape index (κ2) is 12.9. The van der Waals surface area contributed by atoms with Crippen LogP contribution in [0.5, 0.6) is 0 Å². The Balaban J connectivity index is 1.56. The summed E-state index contributed by atoms with van der Waals surface area (Å²) in [5.74, 6) is 0. The Kier molecular flexibility index (Phi) is 8.93. The summed E-state index contributed by atoms with van der Waals surface area (Å²) < 4.78 is 0. The van der Waals surface area contributed by atoms with E-state index in [1.54, 1.807) is 6.08 Å². The predicted octanol–water partition coefficient (Wildman–Crippen LogP) is 10.4. The van der Waals surface area contributed by atoms with Crippen molar-refractivity contribution >= 4 is 33.5 Å². The van der Waals surface area contributed by atoms with Crippen molar-refractivity contribution in [1.29, 1.82) is 0 Å². The average molecular weight is 495 g/mol. The van der Waals surface area contributed by atoms with Crippen molar-refractivity contribution in [2.45, 2.75) is 13.8 Å². The highest BCUT2D eigenvalue weighted by atomic mass is 15.1. The quantitative estimate of drug-likeness (QED) is 0.221. The Hall–Kier alpha value is -4.82. The first-order valence-electron chi connectivity index (χ1n) is 12.8.